The Labute approximate surface area is 133 Å². The van der Waals surface area contributed by atoms with Crippen LogP contribution in [0.4, 0.5) is 0 Å². The zero-order valence-electron chi connectivity index (χ0n) is 12.7. The summed E-state index contributed by atoms with van der Waals surface area (Å²) < 4.78 is 2.04. The standard InChI is InChI=1S/C18H18N4O/c23-18(21-15-7-13-5-12(15)8-19-13)16-10-22-14(9-20-16)6-11-3-1-2-4-17(11)22/h1-4,6,9-10,12-13,15,19H,5,7-8H2,(H,21,23). The number of para-hydroxylation sites is 1. The van der Waals surface area contributed by atoms with E-state index in [1.165, 1.54) is 6.42 Å². The minimum atomic E-state index is -0.0674. The van der Waals surface area contributed by atoms with Gasteiger partial charge >= 0.3 is 0 Å². The van der Waals surface area contributed by atoms with Gasteiger partial charge in [-0.1, -0.05) is 18.2 Å². The highest BCUT2D eigenvalue weighted by atomic mass is 16.2. The van der Waals surface area contributed by atoms with E-state index in [2.05, 4.69) is 33.8 Å². The molecule has 2 aromatic heterocycles. The highest BCUT2D eigenvalue weighted by molar-refractivity contribution is 5.94. The SMILES string of the molecule is O=C(NC1CC2CC1CN2)c1cn2c(cn1)cc1ccccc12. The average Bonchev–Trinajstić information content (AvgIpc) is 3.27. The summed E-state index contributed by atoms with van der Waals surface area (Å²) in [6, 6.07) is 11.1. The Morgan fingerprint density at radius 3 is 3.04 bits per heavy atom. The lowest BCUT2D eigenvalue weighted by Crippen LogP contribution is -2.44. The third-order valence-electron chi connectivity index (χ3n) is 5.28. The number of rotatable bonds is 2. The van der Waals surface area contributed by atoms with Gasteiger partial charge in [-0.25, -0.2) is 4.98 Å². The molecule has 2 aliphatic rings. The van der Waals surface area contributed by atoms with E-state index in [9.17, 15) is 4.79 Å². The smallest absolute Gasteiger partial charge is 0.271 e. The molecule has 5 nitrogen and oxygen atoms in total. The second-order valence-corrected chi connectivity index (χ2v) is 6.69. The normalized spacial score (nSPS) is 26.2. The fourth-order valence-electron chi connectivity index (χ4n) is 4.10. The molecule has 116 valence electrons. The van der Waals surface area contributed by atoms with Gasteiger partial charge in [-0.2, -0.15) is 0 Å². The van der Waals surface area contributed by atoms with Crippen molar-refractivity contribution in [1.29, 1.82) is 0 Å². The summed E-state index contributed by atoms with van der Waals surface area (Å²) in [7, 11) is 0. The molecule has 1 aliphatic carbocycles. The molecular formula is C18H18N4O. The fourth-order valence-corrected chi connectivity index (χ4v) is 4.10. The van der Waals surface area contributed by atoms with E-state index < -0.39 is 0 Å². The molecule has 1 saturated carbocycles. The van der Waals surface area contributed by atoms with Gasteiger partial charge in [0.2, 0.25) is 0 Å². The van der Waals surface area contributed by atoms with Crippen molar-refractivity contribution in [3.05, 3.63) is 48.4 Å². The van der Waals surface area contributed by atoms with Crippen molar-refractivity contribution < 1.29 is 4.79 Å². The molecule has 2 bridgehead atoms. The van der Waals surface area contributed by atoms with Crippen LogP contribution < -0.4 is 10.6 Å². The average molecular weight is 306 g/mol. The number of benzene rings is 1. The van der Waals surface area contributed by atoms with Crippen LogP contribution in [0.15, 0.2) is 42.7 Å². The first-order chi connectivity index (χ1) is 11.3. The molecule has 1 aromatic carbocycles. The minimum Gasteiger partial charge on any atom is -0.348 e. The summed E-state index contributed by atoms with van der Waals surface area (Å²) in [6.07, 6.45) is 5.83. The quantitative estimate of drug-likeness (QED) is 0.761. The van der Waals surface area contributed by atoms with E-state index in [1.807, 2.05) is 22.7 Å². The van der Waals surface area contributed by atoms with Gasteiger partial charge in [0.1, 0.15) is 5.69 Å². The Balaban J connectivity index is 1.47. The zero-order valence-corrected chi connectivity index (χ0v) is 12.7. The number of hydrogen-bond donors (Lipinski definition) is 2. The van der Waals surface area contributed by atoms with Crippen LogP contribution in [0.1, 0.15) is 23.3 Å². The summed E-state index contributed by atoms with van der Waals surface area (Å²) in [5, 5.41) is 7.80. The number of fused-ring (bicyclic) bond motifs is 5. The molecule has 5 heteroatoms. The minimum absolute atomic E-state index is 0.0674. The number of hydrogen-bond acceptors (Lipinski definition) is 3. The van der Waals surface area contributed by atoms with Crippen molar-refractivity contribution in [2.45, 2.75) is 24.9 Å². The third kappa shape index (κ3) is 2.04. The van der Waals surface area contributed by atoms with Crippen LogP contribution >= 0.6 is 0 Å². The molecule has 0 radical (unpaired) electrons. The predicted octanol–water partition coefficient (Wildman–Crippen LogP) is 1.97. The van der Waals surface area contributed by atoms with Gasteiger partial charge in [0.05, 0.1) is 17.2 Å². The molecular weight excluding hydrogens is 288 g/mol. The monoisotopic (exact) mass is 306 g/mol. The maximum absolute atomic E-state index is 12.6. The van der Waals surface area contributed by atoms with Gasteiger partial charge in [0, 0.05) is 30.2 Å². The van der Waals surface area contributed by atoms with E-state index in [-0.39, 0.29) is 11.9 Å². The zero-order chi connectivity index (χ0) is 15.4. The molecule has 1 amide bonds. The topological polar surface area (TPSA) is 58.4 Å². The Hall–Kier alpha value is -2.40. The first kappa shape index (κ1) is 13.1. The van der Waals surface area contributed by atoms with Crippen molar-refractivity contribution in [2.24, 2.45) is 5.92 Å². The van der Waals surface area contributed by atoms with E-state index in [4.69, 9.17) is 0 Å². The van der Waals surface area contributed by atoms with E-state index in [0.29, 0.717) is 17.7 Å². The van der Waals surface area contributed by atoms with Gasteiger partial charge in [0.15, 0.2) is 0 Å². The van der Waals surface area contributed by atoms with E-state index in [0.717, 1.165) is 29.4 Å². The van der Waals surface area contributed by atoms with Gasteiger partial charge < -0.3 is 15.0 Å². The summed E-state index contributed by atoms with van der Waals surface area (Å²) in [4.78, 5) is 16.9. The van der Waals surface area contributed by atoms with Crippen LogP contribution in [0.25, 0.3) is 16.4 Å². The number of carbonyl (C=O) groups is 1. The third-order valence-corrected chi connectivity index (χ3v) is 5.28. The largest absolute Gasteiger partial charge is 0.348 e. The first-order valence-electron chi connectivity index (χ1n) is 8.18. The number of nitrogens with zero attached hydrogens (tertiary/aromatic N) is 2. The first-order valence-corrected chi connectivity index (χ1v) is 8.18. The Morgan fingerprint density at radius 1 is 1.30 bits per heavy atom. The maximum Gasteiger partial charge on any atom is 0.271 e. The summed E-state index contributed by atoms with van der Waals surface area (Å²) >= 11 is 0. The Bertz CT molecular complexity index is 916. The molecule has 3 unspecified atom stereocenters. The lowest BCUT2D eigenvalue weighted by Gasteiger charge is -2.23. The molecule has 0 spiro atoms. The van der Waals surface area contributed by atoms with Crippen LogP contribution in [0, 0.1) is 5.92 Å². The van der Waals surface area contributed by atoms with Crippen LogP contribution in [-0.4, -0.2) is 33.9 Å². The summed E-state index contributed by atoms with van der Waals surface area (Å²) in [5.41, 5.74) is 2.59. The molecule has 23 heavy (non-hydrogen) atoms. The fraction of sp³-hybridized carbons (Fsp3) is 0.333. The molecule has 2 fully saturated rings. The van der Waals surface area contributed by atoms with Crippen molar-refractivity contribution in [3.63, 3.8) is 0 Å². The maximum atomic E-state index is 12.6. The number of carbonyl (C=O) groups excluding carboxylic acids is 1. The molecule has 1 aliphatic heterocycles. The van der Waals surface area contributed by atoms with Gasteiger partial charge in [0.25, 0.3) is 5.91 Å². The molecule has 5 rings (SSSR count). The second kappa shape index (κ2) is 4.80. The van der Waals surface area contributed by atoms with Crippen molar-refractivity contribution >= 4 is 22.3 Å². The molecule has 3 heterocycles. The molecule has 3 atom stereocenters. The Kier molecular flexibility index (Phi) is 2.73. The van der Waals surface area contributed by atoms with Gasteiger partial charge in [-0.05, 0) is 30.9 Å². The van der Waals surface area contributed by atoms with Crippen LogP contribution in [0.3, 0.4) is 0 Å². The molecule has 3 aromatic rings. The number of amides is 1. The van der Waals surface area contributed by atoms with Crippen LogP contribution in [0.2, 0.25) is 0 Å². The molecule has 2 N–H and O–H groups in total. The number of aromatic nitrogens is 2. The van der Waals surface area contributed by atoms with E-state index in [1.54, 1.807) is 6.20 Å². The highest BCUT2D eigenvalue weighted by Gasteiger charge is 2.40. The van der Waals surface area contributed by atoms with Gasteiger partial charge in [-0.3, -0.25) is 4.79 Å². The van der Waals surface area contributed by atoms with Crippen molar-refractivity contribution in [2.75, 3.05) is 6.54 Å². The number of nitrogens with one attached hydrogen (secondary N) is 2. The lowest BCUT2D eigenvalue weighted by molar-refractivity contribution is 0.0919. The van der Waals surface area contributed by atoms with Gasteiger partial charge in [-0.15, -0.1) is 0 Å². The van der Waals surface area contributed by atoms with Crippen molar-refractivity contribution in [1.82, 2.24) is 20.0 Å². The predicted molar refractivity (Wildman–Crippen MR) is 88.5 cm³/mol. The van der Waals surface area contributed by atoms with Crippen molar-refractivity contribution in [3.8, 4) is 0 Å². The number of piperidine rings is 1. The summed E-state index contributed by atoms with van der Waals surface area (Å²) in [6.45, 7) is 1.02. The molecule has 1 saturated heterocycles. The summed E-state index contributed by atoms with van der Waals surface area (Å²) in [5.74, 6) is 0.502. The van der Waals surface area contributed by atoms with Crippen LogP contribution in [0.5, 0.6) is 0 Å². The second-order valence-electron chi connectivity index (χ2n) is 6.69. The Morgan fingerprint density at radius 2 is 2.22 bits per heavy atom. The highest BCUT2D eigenvalue weighted by Crippen LogP contribution is 2.31. The lowest BCUT2D eigenvalue weighted by atomic mass is 10.0. The van der Waals surface area contributed by atoms with E-state index >= 15 is 0 Å². The van der Waals surface area contributed by atoms with Crippen LogP contribution in [-0.2, 0) is 0 Å².